The van der Waals surface area contributed by atoms with E-state index in [1.54, 1.807) is 6.07 Å². The van der Waals surface area contributed by atoms with Crippen LogP contribution in [0.3, 0.4) is 0 Å². The van der Waals surface area contributed by atoms with Gasteiger partial charge in [0.15, 0.2) is 6.61 Å². The van der Waals surface area contributed by atoms with E-state index in [2.05, 4.69) is 5.32 Å². The zero-order valence-corrected chi connectivity index (χ0v) is 14.6. The van der Waals surface area contributed by atoms with Gasteiger partial charge >= 0.3 is 5.97 Å². The Kier molecular flexibility index (Phi) is 5.74. The molecule has 0 heterocycles. The molecule has 1 N–H and O–H groups in total. The molecule has 0 aromatic heterocycles. The van der Waals surface area contributed by atoms with Crippen LogP contribution in [0.2, 0.25) is 0 Å². The van der Waals surface area contributed by atoms with Crippen molar-refractivity contribution in [1.82, 2.24) is 5.32 Å². The molecule has 0 aliphatic heterocycles. The Morgan fingerprint density at radius 2 is 1.67 bits per heavy atom. The average molecular weight is 325 g/mol. The smallest absolute Gasteiger partial charge is 0.338 e. The summed E-state index contributed by atoms with van der Waals surface area (Å²) in [5.74, 6) is -0.792. The third-order valence-corrected chi connectivity index (χ3v) is 4.00. The summed E-state index contributed by atoms with van der Waals surface area (Å²) in [7, 11) is 0. The first kappa shape index (κ1) is 17.7. The lowest BCUT2D eigenvalue weighted by molar-refractivity contribution is -0.124. The van der Waals surface area contributed by atoms with Gasteiger partial charge in [-0.3, -0.25) is 4.79 Å². The molecule has 0 radical (unpaired) electrons. The molecule has 2 aromatic rings. The summed E-state index contributed by atoms with van der Waals surface area (Å²) in [6, 6.07) is 11.5. The highest BCUT2D eigenvalue weighted by atomic mass is 16.5. The van der Waals surface area contributed by atoms with Gasteiger partial charge in [-0.15, -0.1) is 0 Å². The Balaban J connectivity index is 1.84. The number of carbonyl (C=O) groups excluding carboxylic acids is 2. The molecule has 0 saturated heterocycles. The molecule has 4 nitrogen and oxygen atoms in total. The lowest BCUT2D eigenvalue weighted by atomic mass is 10.1. The SMILES string of the molecule is Cc1ccc(C(=O)OCC(=O)NCc2ccc(C)c(C)c2)c(C)c1. The lowest BCUT2D eigenvalue weighted by Gasteiger charge is -2.09. The summed E-state index contributed by atoms with van der Waals surface area (Å²) < 4.78 is 5.09. The van der Waals surface area contributed by atoms with E-state index in [9.17, 15) is 9.59 Å². The van der Waals surface area contributed by atoms with Crippen LogP contribution in [-0.2, 0) is 16.1 Å². The first-order chi connectivity index (χ1) is 11.4. The van der Waals surface area contributed by atoms with Crippen LogP contribution in [0.15, 0.2) is 36.4 Å². The fraction of sp³-hybridized carbons (Fsp3) is 0.300. The molecule has 0 spiro atoms. The van der Waals surface area contributed by atoms with E-state index in [0.717, 1.165) is 16.7 Å². The molecule has 2 aromatic carbocycles. The second kappa shape index (κ2) is 7.77. The van der Waals surface area contributed by atoms with Gasteiger partial charge in [0.25, 0.3) is 5.91 Å². The van der Waals surface area contributed by atoms with Gasteiger partial charge in [-0.25, -0.2) is 4.79 Å². The van der Waals surface area contributed by atoms with Crippen LogP contribution >= 0.6 is 0 Å². The Morgan fingerprint density at radius 3 is 2.33 bits per heavy atom. The Bertz CT molecular complexity index is 765. The minimum Gasteiger partial charge on any atom is -0.452 e. The third kappa shape index (κ3) is 4.69. The van der Waals surface area contributed by atoms with Crippen molar-refractivity contribution < 1.29 is 14.3 Å². The second-order valence-corrected chi connectivity index (χ2v) is 6.09. The standard InChI is InChI=1S/C20H23NO3/c1-13-5-8-18(16(4)9-13)20(23)24-12-19(22)21-11-17-7-6-14(2)15(3)10-17/h5-10H,11-12H2,1-4H3,(H,21,22). The van der Waals surface area contributed by atoms with Gasteiger partial charge in [0.1, 0.15) is 0 Å². The molecule has 0 bridgehead atoms. The summed E-state index contributed by atoms with van der Waals surface area (Å²) in [4.78, 5) is 23.9. The molecular formula is C20H23NO3. The Morgan fingerprint density at radius 1 is 0.917 bits per heavy atom. The predicted octanol–water partition coefficient (Wildman–Crippen LogP) is 3.39. The van der Waals surface area contributed by atoms with Crippen LogP contribution < -0.4 is 5.32 Å². The monoisotopic (exact) mass is 325 g/mol. The van der Waals surface area contributed by atoms with Crippen LogP contribution in [0.5, 0.6) is 0 Å². The molecule has 2 rings (SSSR count). The van der Waals surface area contributed by atoms with E-state index in [-0.39, 0.29) is 12.5 Å². The normalized spacial score (nSPS) is 10.3. The van der Waals surface area contributed by atoms with E-state index in [0.29, 0.717) is 12.1 Å². The molecule has 0 aliphatic rings. The maximum atomic E-state index is 12.0. The second-order valence-electron chi connectivity index (χ2n) is 6.09. The molecule has 0 fully saturated rings. The Labute approximate surface area is 142 Å². The van der Waals surface area contributed by atoms with E-state index in [4.69, 9.17) is 4.74 Å². The van der Waals surface area contributed by atoms with E-state index >= 15 is 0 Å². The third-order valence-electron chi connectivity index (χ3n) is 4.00. The molecule has 0 saturated carbocycles. The number of carbonyl (C=O) groups is 2. The zero-order valence-electron chi connectivity index (χ0n) is 14.6. The molecule has 0 unspecified atom stereocenters. The quantitative estimate of drug-likeness (QED) is 0.857. The van der Waals surface area contributed by atoms with E-state index in [1.165, 1.54) is 11.1 Å². The highest BCUT2D eigenvalue weighted by Crippen LogP contribution is 2.12. The molecule has 1 amide bonds. The average Bonchev–Trinajstić information content (AvgIpc) is 2.53. The van der Waals surface area contributed by atoms with Gasteiger partial charge in [0.05, 0.1) is 5.56 Å². The van der Waals surface area contributed by atoms with Gasteiger partial charge in [-0.05, 0) is 56.0 Å². The van der Waals surface area contributed by atoms with Crippen molar-refractivity contribution in [2.45, 2.75) is 34.2 Å². The van der Waals surface area contributed by atoms with E-state index < -0.39 is 5.97 Å². The first-order valence-corrected chi connectivity index (χ1v) is 7.94. The van der Waals surface area contributed by atoms with Gasteiger partial charge in [-0.2, -0.15) is 0 Å². The van der Waals surface area contributed by atoms with Crippen molar-refractivity contribution >= 4 is 11.9 Å². The fourth-order valence-electron chi connectivity index (χ4n) is 2.42. The van der Waals surface area contributed by atoms with Crippen molar-refractivity contribution in [2.75, 3.05) is 6.61 Å². The van der Waals surface area contributed by atoms with Crippen molar-refractivity contribution in [1.29, 1.82) is 0 Å². The highest BCUT2D eigenvalue weighted by Gasteiger charge is 2.12. The summed E-state index contributed by atoms with van der Waals surface area (Å²) in [5, 5.41) is 2.76. The first-order valence-electron chi connectivity index (χ1n) is 7.94. The van der Waals surface area contributed by atoms with Crippen LogP contribution in [0.25, 0.3) is 0 Å². The number of nitrogens with one attached hydrogen (secondary N) is 1. The maximum absolute atomic E-state index is 12.0. The summed E-state index contributed by atoms with van der Waals surface area (Å²) >= 11 is 0. The summed E-state index contributed by atoms with van der Waals surface area (Å²) in [6.45, 7) is 8.03. The number of amides is 1. The van der Waals surface area contributed by atoms with Crippen molar-refractivity contribution in [3.63, 3.8) is 0 Å². The molecular weight excluding hydrogens is 302 g/mol. The van der Waals surface area contributed by atoms with E-state index in [1.807, 2.05) is 58.0 Å². The number of benzene rings is 2. The number of esters is 1. The number of hydrogen-bond acceptors (Lipinski definition) is 3. The van der Waals surface area contributed by atoms with Gasteiger partial charge in [0, 0.05) is 6.54 Å². The molecule has 0 atom stereocenters. The van der Waals surface area contributed by atoms with Crippen LogP contribution in [-0.4, -0.2) is 18.5 Å². The molecule has 24 heavy (non-hydrogen) atoms. The minimum absolute atomic E-state index is 0.281. The lowest BCUT2D eigenvalue weighted by Crippen LogP contribution is -2.28. The minimum atomic E-state index is -0.478. The zero-order chi connectivity index (χ0) is 17.7. The van der Waals surface area contributed by atoms with Crippen molar-refractivity contribution in [3.8, 4) is 0 Å². The predicted molar refractivity (Wildman–Crippen MR) is 94.0 cm³/mol. The van der Waals surface area contributed by atoms with Crippen LogP contribution in [0, 0.1) is 27.7 Å². The fourth-order valence-corrected chi connectivity index (χ4v) is 2.42. The molecule has 126 valence electrons. The largest absolute Gasteiger partial charge is 0.452 e. The molecule has 4 heteroatoms. The van der Waals surface area contributed by atoms with Gasteiger partial charge in [-0.1, -0.05) is 35.9 Å². The number of hydrogen-bond donors (Lipinski definition) is 1. The van der Waals surface area contributed by atoms with Crippen molar-refractivity contribution in [2.24, 2.45) is 0 Å². The highest BCUT2D eigenvalue weighted by molar-refractivity contribution is 5.92. The number of rotatable bonds is 5. The van der Waals surface area contributed by atoms with Gasteiger partial charge in [0.2, 0.25) is 0 Å². The van der Waals surface area contributed by atoms with Crippen LogP contribution in [0.4, 0.5) is 0 Å². The van der Waals surface area contributed by atoms with Crippen LogP contribution in [0.1, 0.15) is 38.2 Å². The topological polar surface area (TPSA) is 55.4 Å². The maximum Gasteiger partial charge on any atom is 0.338 e. The molecule has 0 aliphatic carbocycles. The van der Waals surface area contributed by atoms with Gasteiger partial charge < -0.3 is 10.1 Å². The Hall–Kier alpha value is -2.62. The summed E-state index contributed by atoms with van der Waals surface area (Å²) in [5.41, 5.74) is 5.83. The number of ether oxygens (including phenoxy) is 1. The van der Waals surface area contributed by atoms with Crippen molar-refractivity contribution in [3.05, 3.63) is 69.8 Å². The number of aryl methyl sites for hydroxylation is 4. The summed E-state index contributed by atoms with van der Waals surface area (Å²) in [6.07, 6.45) is 0.